The number of carbonyl (C=O) groups excluding carboxylic acids is 1. The van der Waals surface area contributed by atoms with Crippen LogP contribution in [-0.4, -0.2) is 22.8 Å². The number of aromatic hydroxyl groups is 2. The Labute approximate surface area is 120 Å². The Morgan fingerprint density at radius 1 is 1.05 bits per heavy atom. The van der Waals surface area contributed by atoms with Crippen molar-refractivity contribution in [3.05, 3.63) is 23.8 Å². The van der Waals surface area contributed by atoms with Gasteiger partial charge in [-0.25, -0.2) is 0 Å². The second-order valence-corrected chi connectivity index (χ2v) is 4.99. The molecule has 0 radical (unpaired) electrons. The molecule has 1 rings (SSSR count). The largest absolute Gasteiger partial charge is 0.504 e. The van der Waals surface area contributed by atoms with E-state index >= 15 is 0 Å². The summed E-state index contributed by atoms with van der Waals surface area (Å²) in [7, 11) is 0. The van der Waals surface area contributed by atoms with Crippen molar-refractivity contribution in [1.82, 2.24) is 0 Å². The Morgan fingerprint density at radius 2 is 1.75 bits per heavy atom. The highest BCUT2D eigenvalue weighted by Crippen LogP contribution is 2.25. The Bertz CT molecular complexity index is 415. The van der Waals surface area contributed by atoms with E-state index in [2.05, 4.69) is 6.92 Å². The van der Waals surface area contributed by atoms with Crippen molar-refractivity contribution in [1.29, 1.82) is 0 Å². The molecule has 0 saturated heterocycles. The van der Waals surface area contributed by atoms with Gasteiger partial charge in [-0.1, -0.05) is 45.1 Å². The maximum absolute atomic E-state index is 11.6. The highest BCUT2D eigenvalue weighted by molar-refractivity contribution is 5.72. The van der Waals surface area contributed by atoms with Crippen molar-refractivity contribution in [2.75, 3.05) is 6.61 Å². The van der Waals surface area contributed by atoms with Crippen LogP contribution in [0.4, 0.5) is 0 Å². The van der Waals surface area contributed by atoms with Gasteiger partial charge in [-0.3, -0.25) is 4.79 Å². The van der Waals surface area contributed by atoms with Crippen LogP contribution in [0.1, 0.15) is 51.0 Å². The first-order valence-electron chi connectivity index (χ1n) is 7.30. The predicted octanol–water partition coefficient (Wildman–Crippen LogP) is 3.54. The first kappa shape index (κ1) is 16.3. The average Bonchev–Trinajstić information content (AvgIpc) is 2.42. The maximum Gasteiger partial charge on any atom is 0.310 e. The van der Waals surface area contributed by atoms with Gasteiger partial charge in [0, 0.05) is 0 Å². The highest BCUT2D eigenvalue weighted by atomic mass is 16.5. The van der Waals surface area contributed by atoms with Gasteiger partial charge >= 0.3 is 5.97 Å². The van der Waals surface area contributed by atoms with E-state index in [1.807, 2.05) is 0 Å². The Balaban J connectivity index is 2.15. The summed E-state index contributed by atoms with van der Waals surface area (Å²) in [6.07, 6.45) is 7.04. The van der Waals surface area contributed by atoms with Crippen LogP contribution in [0.15, 0.2) is 18.2 Å². The third-order valence-corrected chi connectivity index (χ3v) is 3.15. The average molecular weight is 280 g/mol. The molecule has 0 spiro atoms. The SMILES string of the molecule is CCCCCCCCOC(=O)Cc1ccc(O)c(O)c1. The third-order valence-electron chi connectivity index (χ3n) is 3.15. The van der Waals surface area contributed by atoms with Gasteiger partial charge in [-0.05, 0) is 24.1 Å². The fraction of sp³-hybridized carbons (Fsp3) is 0.562. The van der Waals surface area contributed by atoms with E-state index in [0.717, 1.165) is 12.8 Å². The molecular weight excluding hydrogens is 256 g/mol. The lowest BCUT2D eigenvalue weighted by Gasteiger charge is -2.06. The smallest absolute Gasteiger partial charge is 0.310 e. The first-order valence-corrected chi connectivity index (χ1v) is 7.30. The van der Waals surface area contributed by atoms with E-state index in [4.69, 9.17) is 4.74 Å². The van der Waals surface area contributed by atoms with Crippen molar-refractivity contribution in [3.8, 4) is 11.5 Å². The van der Waals surface area contributed by atoms with Gasteiger partial charge in [0.1, 0.15) is 0 Å². The van der Waals surface area contributed by atoms with Crippen molar-refractivity contribution < 1.29 is 19.7 Å². The molecule has 0 fully saturated rings. The summed E-state index contributed by atoms with van der Waals surface area (Å²) >= 11 is 0. The van der Waals surface area contributed by atoms with Gasteiger partial charge in [0.25, 0.3) is 0 Å². The molecule has 0 atom stereocenters. The monoisotopic (exact) mass is 280 g/mol. The zero-order chi connectivity index (χ0) is 14.8. The lowest BCUT2D eigenvalue weighted by Crippen LogP contribution is -2.09. The number of rotatable bonds is 9. The molecule has 0 aliphatic carbocycles. The van der Waals surface area contributed by atoms with Crippen LogP contribution in [0.2, 0.25) is 0 Å². The molecule has 0 heterocycles. The fourth-order valence-corrected chi connectivity index (χ4v) is 1.97. The lowest BCUT2D eigenvalue weighted by atomic mass is 10.1. The van der Waals surface area contributed by atoms with Crippen molar-refractivity contribution in [2.24, 2.45) is 0 Å². The molecule has 1 aromatic rings. The van der Waals surface area contributed by atoms with Crippen LogP contribution < -0.4 is 0 Å². The molecule has 0 bridgehead atoms. The minimum absolute atomic E-state index is 0.115. The molecule has 0 aliphatic heterocycles. The molecule has 20 heavy (non-hydrogen) atoms. The molecule has 0 aliphatic rings. The highest BCUT2D eigenvalue weighted by Gasteiger charge is 2.07. The number of ether oxygens (including phenoxy) is 1. The second-order valence-electron chi connectivity index (χ2n) is 4.99. The quantitative estimate of drug-likeness (QED) is 0.412. The van der Waals surface area contributed by atoms with E-state index in [1.54, 1.807) is 6.07 Å². The second kappa shape index (κ2) is 9.23. The first-order chi connectivity index (χ1) is 9.63. The van der Waals surface area contributed by atoms with E-state index in [-0.39, 0.29) is 23.9 Å². The Hall–Kier alpha value is -1.71. The zero-order valence-corrected chi connectivity index (χ0v) is 12.1. The molecule has 2 N–H and O–H groups in total. The summed E-state index contributed by atoms with van der Waals surface area (Å²) in [6.45, 7) is 2.64. The van der Waals surface area contributed by atoms with Gasteiger partial charge in [0.2, 0.25) is 0 Å². The minimum Gasteiger partial charge on any atom is -0.504 e. The van der Waals surface area contributed by atoms with Crippen LogP contribution in [0.3, 0.4) is 0 Å². The number of hydrogen-bond donors (Lipinski definition) is 2. The molecule has 0 aromatic heterocycles. The van der Waals surface area contributed by atoms with Crippen molar-refractivity contribution in [2.45, 2.75) is 51.9 Å². The summed E-state index contributed by atoms with van der Waals surface area (Å²) < 4.78 is 5.14. The number of carbonyl (C=O) groups is 1. The van der Waals surface area contributed by atoms with Crippen LogP contribution in [0, 0.1) is 0 Å². The van der Waals surface area contributed by atoms with Crippen LogP contribution >= 0.6 is 0 Å². The molecule has 4 heteroatoms. The summed E-state index contributed by atoms with van der Waals surface area (Å²) in [5, 5.41) is 18.5. The van der Waals surface area contributed by atoms with Crippen LogP contribution in [0.25, 0.3) is 0 Å². The van der Waals surface area contributed by atoms with E-state index in [0.29, 0.717) is 12.2 Å². The third kappa shape index (κ3) is 6.45. The number of unbranched alkanes of at least 4 members (excludes halogenated alkanes) is 5. The van der Waals surface area contributed by atoms with E-state index in [9.17, 15) is 15.0 Å². The molecular formula is C16H24O4. The van der Waals surface area contributed by atoms with Crippen molar-refractivity contribution in [3.63, 3.8) is 0 Å². The van der Waals surface area contributed by atoms with Gasteiger partial charge < -0.3 is 14.9 Å². The van der Waals surface area contributed by atoms with Crippen LogP contribution in [0.5, 0.6) is 11.5 Å². The van der Waals surface area contributed by atoms with Gasteiger partial charge in [0.05, 0.1) is 13.0 Å². The van der Waals surface area contributed by atoms with Crippen LogP contribution in [-0.2, 0) is 16.0 Å². The maximum atomic E-state index is 11.6. The number of phenolic OH excluding ortho intramolecular Hbond substituents is 2. The summed E-state index contributed by atoms with van der Waals surface area (Å²) in [6, 6.07) is 4.34. The normalized spacial score (nSPS) is 10.4. The van der Waals surface area contributed by atoms with Crippen molar-refractivity contribution >= 4 is 5.97 Å². The Morgan fingerprint density at radius 3 is 2.45 bits per heavy atom. The summed E-state index contributed by atoms with van der Waals surface area (Å²) in [5.74, 6) is -0.705. The van der Waals surface area contributed by atoms with Gasteiger partial charge in [-0.15, -0.1) is 0 Å². The number of benzene rings is 1. The fourth-order valence-electron chi connectivity index (χ4n) is 1.97. The van der Waals surface area contributed by atoms with Gasteiger partial charge in [0.15, 0.2) is 11.5 Å². The minimum atomic E-state index is -0.302. The predicted molar refractivity (Wildman–Crippen MR) is 77.8 cm³/mol. The van der Waals surface area contributed by atoms with E-state index < -0.39 is 0 Å². The lowest BCUT2D eigenvalue weighted by molar-refractivity contribution is -0.142. The molecule has 0 amide bonds. The zero-order valence-electron chi connectivity index (χ0n) is 12.1. The number of esters is 1. The molecule has 1 aromatic carbocycles. The summed E-state index contributed by atoms with van der Waals surface area (Å²) in [5.41, 5.74) is 0.633. The molecule has 0 unspecified atom stereocenters. The van der Waals surface area contributed by atoms with Gasteiger partial charge in [-0.2, -0.15) is 0 Å². The number of phenols is 2. The summed E-state index contributed by atoms with van der Waals surface area (Å²) in [4.78, 5) is 11.6. The topological polar surface area (TPSA) is 66.8 Å². The Kier molecular flexibility index (Phi) is 7.55. The number of hydrogen-bond acceptors (Lipinski definition) is 4. The molecule has 112 valence electrons. The van der Waals surface area contributed by atoms with E-state index in [1.165, 1.54) is 37.8 Å². The standard InChI is InChI=1S/C16H24O4/c1-2-3-4-5-6-7-10-20-16(19)12-13-8-9-14(17)15(18)11-13/h8-9,11,17-18H,2-7,10,12H2,1H3. The molecule has 4 nitrogen and oxygen atoms in total. The molecule has 0 saturated carbocycles.